The molecule has 82 valence electrons. The van der Waals surface area contributed by atoms with Crippen LogP contribution in [0.2, 0.25) is 5.02 Å². The Morgan fingerprint density at radius 2 is 2.33 bits per heavy atom. The summed E-state index contributed by atoms with van der Waals surface area (Å²) in [5.74, 6) is 0.229. The molecular weight excluding hydrogens is 210 g/mol. The summed E-state index contributed by atoms with van der Waals surface area (Å²) in [4.78, 5) is 0. The molecule has 1 aliphatic heterocycles. The first-order chi connectivity index (χ1) is 7.18. The summed E-state index contributed by atoms with van der Waals surface area (Å²) in [7, 11) is 0. The molecule has 0 amide bonds. The molecule has 2 nitrogen and oxygen atoms in total. The van der Waals surface area contributed by atoms with Crippen molar-refractivity contribution in [2.75, 3.05) is 6.54 Å². The molecule has 0 bridgehead atoms. The highest BCUT2D eigenvalue weighted by Crippen LogP contribution is 2.31. The van der Waals surface area contributed by atoms with E-state index < -0.39 is 0 Å². The molecular formula is C12H16ClNO. The van der Waals surface area contributed by atoms with E-state index in [4.69, 9.17) is 11.6 Å². The van der Waals surface area contributed by atoms with Gasteiger partial charge >= 0.3 is 0 Å². The topological polar surface area (TPSA) is 32.3 Å². The standard InChI is InChI=1S/C12H16ClNO/c1-8-4-5-9(11(13)12(8)15)7-10-3-2-6-14-10/h4-5,10,14-15H,2-3,6-7H2,1H3. The third kappa shape index (κ3) is 2.27. The van der Waals surface area contributed by atoms with E-state index in [-0.39, 0.29) is 5.75 Å². The zero-order valence-electron chi connectivity index (χ0n) is 8.89. The summed E-state index contributed by atoms with van der Waals surface area (Å²) in [5, 5.41) is 13.7. The van der Waals surface area contributed by atoms with Crippen LogP contribution in [-0.2, 0) is 6.42 Å². The third-order valence-corrected chi connectivity index (χ3v) is 3.45. The Morgan fingerprint density at radius 3 is 3.00 bits per heavy atom. The first-order valence-electron chi connectivity index (χ1n) is 5.39. The van der Waals surface area contributed by atoms with E-state index in [1.165, 1.54) is 12.8 Å². The Bertz CT molecular complexity index is 359. The van der Waals surface area contributed by atoms with Gasteiger partial charge in [-0.1, -0.05) is 23.7 Å². The normalized spacial score (nSPS) is 20.8. The maximum Gasteiger partial charge on any atom is 0.137 e. The summed E-state index contributed by atoms with van der Waals surface area (Å²) in [6, 6.07) is 4.45. The van der Waals surface area contributed by atoms with Gasteiger partial charge in [0.2, 0.25) is 0 Å². The lowest BCUT2D eigenvalue weighted by atomic mass is 10.0. The molecule has 1 aromatic rings. The van der Waals surface area contributed by atoms with E-state index in [2.05, 4.69) is 5.32 Å². The fourth-order valence-electron chi connectivity index (χ4n) is 2.06. The zero-order chi connectivity index (χ0) is 10.8. The second-order valence-corrected chi connectivity index (χ2v) is 4.58. The van der Waals surface area contributed by atoms with Crippen molar-refractivity contribution in [2.45, 2.75) is 32.2 Å². The average molecular weight is 226 g/mol. The Balaban J connectivity index is 2.17. The lowest BCUT2D eigenvalue weighted by Crippen LogP contribution is -2.23. The van der Waals surface area contributed by atoms with Gasteiger partial charge in [0, 0.05) is 6.04 Å². The molecule has 15 heavy (non-hydrogen) atoms. The molecule has 1 atom stereocenters. The molecule has 3 heteroatoms. The van der Waals surface area contributed by atoms with Crippen LogP contribution in [0.4, 0.5) is 0 Å². The maximum absolute atomic E-state index is 9.71. The fraction of sp³-hybridized carbons (Fsp3) is 0.500. The van der Waals surface area contributed by atoms with E-state index in [0.29, 0.717) is 11.1 Å². The van der Waals surface area contributed by atoms with Crippen molar-refractivity contribution in [3.05, 3.63) is 28.3 Å². The molecule has 2 rings (SSSR count). The van der Waals surface area contributed by atoms with E-state index in [1.807, 2.05) is 19.1 Å². The largest absolute Gasteiger partial charge is 0.506 e. The van der Waals surface area contributed by atoms with Crippen LogP contribution in [0.15, 0.2) is 12.1 Å². The minimum Gasteiger partial charge on any atom is -0.506 e. The van der Waals surface area contributed by atoms with Crippen LogP contribution in [0.3, 0.4) is 0 Å². The van der Waals surface area contributed by atoms with Gasteiger partial charge in [0.1, 0.15) is 5.75 Å². The summed E-state index contributed by atoms with van der Waals surface area (Å²) in [6.45, 7) is 2.96. The van der Waals surface area contributed by atoms with Crippen molar-refractivity contribution in [1.82, 2.24) is 5.32 Å². The van der Waals surface area contributed by atoms with Crippen LogP contribution in [-0.4, -0.2) is 17.7 Å². The van der Waals surface area contributed by atoms with Crippen LogP contribution in [0.1, 0.15) is 24.0 Å². The van der Waals surface area contributed by atoms with E-state index in [9.17, 15) is 5.11 Å². The van der Waals surface area contributed by atoms with Crippen LogP contribution >= 0.6 is 11.6 Å². The van der Waals surface area contributed by atoms with Gasteiger partial charge in [-0.15, -0.1) is 0 Å². The summed E-state index contributed by atoms with van der Waals surface area (Å²) in [5.41, 5.74) is 1.88. The second kappa shape index (κ2) is 4.42. The number of rotatable bonds is 2. The first kappa shape index (κ1) is 10.8. The van der Waals surface area contributed by atoms with Crippen LogP contribution in [0.25, 0.3) is 0 Å². The van der Waals surface area contributed by atoms with Gasteiger partial charge in [-0.2, -0.15) is 0 Å². The smallest absolute Gasteiger partial charge is 0.137 e. The van der Waals surface area contributed by atoms with Gasteiger partial charge in [0.05, 0.1) is 5.02 Å². The number of aromatic hydroxyl groups is 1. The zero-order valence-corrected chi connectivity index (χ0v) is 9.64. The van der Waals surface area contributed by atoms with Crippen molar-refractivity contribution < 1.29 is 5.11 Å². The van der Waals surface area contributed by atoms with Crippen LogP contribution in [0, 0.1) is 6.92 Å². The van der Waals surface area contributed by atoms with Crippen molar-refractivity contribution in [3.8, 4) is 5.75 Å². The van der Waals surface area contributed by atoms with Crippen molar-refractivity contribution in [2.24, 2.45) is 0 Å². The molecule has 0 aliphatic carbocycles. The number of phenolic OH excluding ortho intramolecular Hbond substituents is 1. The molecule has 1 unspecified atom stereocenters. The highest BCUT2D eigenvalue weighted by Gasteiger charge is 2.17. The molecule has 0 spiro atoms. The maximum atomic E-state index is 9.71. The minimum absolute atomic E-state index is 0.229. The Morgan fingerprint density at radius 1 is 1.53 bits per heavy atom. The number of phenols is 1. The monoisotopic (exact) mass is 225 g/mol. The van der Waals surface area contributed by atoms with E-state index in [0.717, 1.165) is 24.1 Å². The van der Waals surface area contributed by atoms with Gasteiger partial charge in [-0.25, -0.2) is 0 Å². The second-order valence-electron chi connectivity index (χ2n) is 4.20. The van der Waals surface area contributed by atoms with Crippen molar-refractivity contribution >= 4 is 11.6 Å². The lowest BCUT2D eigenvalue weighted by molar-refractivity contribution is 0.470. The van der Waals surface area contributed by atoms with Gasteiger partial charge < -0.3 is 10.4 Å². The Hall–Kier alpha value is -0.730. The molecule has 0 saturated carbocycles. The Labute approximate surface area is 95.3 Å². The van der Waals surface area contributed by atoms with Crippen LogP contribution in [0.5, 0.6) is 5.75 Å². The van der Waals surface area contributed by atoms with Gasteiger partial charge in [-0.05, 0) is 43.9 Å². The highest BCUT2D eigenvalue weighted by atomic mass is 35.5. The van der Waals surface area contributed by atoms with Gasteiger partial charge in [0.15, 0.2) is 0 Å². The predicted molar refractivity (Wildman–Crippen MR) is 62.6 cm³/mol. The molecule has 1 aromatic carbocycles. The number of hydrogen-bond donors (Lipinski definition) is 2. The fourth-order valence-corrected chi connectivity index (χ4v) is 2.35. The number of benzene rings is 1. The number of halogens is 1. The summed E-state index contributed by atoms with van der Waals surface area (Å²) < 4.78 is 0. The number of aryl methyl sites for hydroxylation is 1. The molecule has 0 aromatic heterocycles. The average Bonchev–Trinajstić information content (AvgIpc) is 2.72. The highest BCUT2D eigenvalue weighted by molar-refractivity contribution is 6.32. The van der Waals surface area contributed by atoms with Crippen LogP contribution < -0.4 is 5.32 Å². The van der Waals surface area contributed by atoms with E-state index >= 15 is 0 Å². The molecule has 1 fully saturated rings. The minimum atomic E-state index is 0.229. The van der Waals surface area contributed by atoms with Crippen molar-refractivity contribution in [3.63, 3.8) is 0 Å². The molecule has 2 N–H and O–H groups in total. The molecule has 1 aliphatic rings. The van der Waals surface area contributed by atoms with Gasteiger partial charge in [0.25, 0.3) is 0 Å². The number of hydrogen-bond acceptors (Lipinski definition) is 2. The van der Waals surface area contributed by atoms with Gasteiger partial charge in [-0.3, -0.25) is 0 Å². The lowest BCUT2D eigenvalue weighted by Gasteiger charge is -2.13. The predicted octanol–water partition coefficient (Wildman–Crippen LogP) is 2.65. The number of nitrogens with one attached hydrogen (secondary N) is 1. The molecule has 1 heterocycles. The quantitative estimate of drug-likeness (QED) is 0.811. The van der Waals surface area contributed by atoms with E-state index in [1.54, 1.807) is 0 Å². The Kier molecular flexibility index (Phi) is 3.17. The summed E-state index contributed by atoms with van der Waals surface area (Å²) in [6.07, 6.45) is 3.35. The summed E-state index contributed by atoms with van der Waals surface area (Å²) >= 11 is 6.10. The SMILES string of the molecule is Cc1ccc(CC2CCCN2)c(Cl)c1O. The first-order valence-corrected chi connectivity index (χ1v) is 5.76. The molecule has 0 radical (unpaired) electrons. The van der Waals surface area contributed by atoms with Crippen molar-refractivity contribution in [1.29, 1.82) is 0 Å². The molecule has 1 saturated heterocycles. The third-order valence-electron chi connectivity index (χ3n) is 3.03.